The van der Waals surface area contributed by atoms with Gasteiger partial charge in [0.25, 0.3) is 5.91 Å². The van der Waals surface area contributed by atoms with Crippen molar-refractivity contribution in [2.45, 2.75) is 44.7 Å². The lowest BCUT2D eigenvalue weighted by Crippen LogP contribution is -2.40. The van der Waals surface area contributed by atoms with E-state index in [9.17, 15) is 4.79 Å². The van der Waals surface area contributed by atoms with E-state index in [1.54, 1.807) is 14.2 Å². The standard InChI is InChI=1S/C19H25N3O3S.2ClH/c1-11-17(18(23)22-14-7-5-13(20)6-8-14)26-19(21-11)12-4-9-15(24-2)16(10-12)25-3;;/h4,9-10,13-14H,5-8,20H2,1-3H3,(H,22,23);2*1H. The van der Waals surface area contributed by atoms with Crippen molar-refractivity contribution in [2.24, 2.45) is 5.73 Å². The second-order valence-corrected chi connectivity index (χ2v) is 7.59. The van der Waals surface area contributed by atoms with Crippen molar-refractivity contribution in [3.63, 3.8) is 0 Å². The Kier molecular flexibility index (Phi) is 9.50. The molecule has 6 nitrogen and oxygen atoms in total. The number of hydrogen-bond acceptors (Lipinski definition) is 6. The van der Waals surface area contributed by atoms with Gasteiger partial charge < -0.3 is 20.5 Å². The van der Waals surface area contributed by atoms with Gasteiger partial charge in [0.05, 0.1) is 19.9 Å². The number of aromatic nitrogens is 1. The predicted molar refractivity (Wildman–Crippen MR) is 118 cm³/mol. The number of rotatable bonds is 5. The number of amides is 1. The van der Waals surface area contributed by atoms with Gasteiger partial charge in [-0.25, -0.2) is 4.98 Å². The number of ether oxygens (including phenoxy) is 2. The van der Waals surface area contributed by atoms with E-state index in [2.05, 4.69) is 10.3 Å². The first-order valence-electron chi connectivity index (χ1n) is 8.78. The molecule has 1 amide bonds. The molecule has 1 aromatic carbocycles. The van der Waals surface area contributed by atoms with Crippen LogP contribution in [0.2, 0.25) is 0 Å². The number of methoxy groups -OCH3 is 2. The molecule has 0 atom stereocenters. The van der Waals surface area contributed by atoms with Crippen molar-refractivity contribution in [2.75, 3.05) is 14.2 Å². The average molecular weight is 448 g/mol. The number of carbonyl (C=O) groups excluding carboxylic acids is 1. The molecule has 3 N–H and O–H groups in total. The molecule has 0 aliphatic heterocycles. The molecule has 0 spiro atoms. The van der Waals surface area contributed by atoms with E-state index in [4.69, 9.17) is 15.2 Å². The molecule has 0 bridgehead atoms. The van der Waals surface area contributed by atoms with Gasteiger partial charge in [0, 0.05) is 17.6 Å². The molecular weight excluding hydrogens is 421 g/mol. The van der Waals surface area contributed by atoms with Gasteiger partial charge in [0.2, 0.25) is 0 Å². The summed E-state index contributed by atoms with van der Waals surface area (Å²) in [6.07, 6.45) is 3.80. The Balaban J connectivity index is 0.00000196. The van der Waals surface area contributed by atoms with Crippen molar-refractivity contribution in [1.29, 1.82) is 0 Å². The monoisotopic (exact) mass is 447 g/mol. The maximum Gasteiger partial charge on any atom is 0.263 e. The number of carbonyl (C=O) groups is 1. The minimum absolute atomic E-state index is 0. The summed E-state index contributed by atoms with van der Waals surface area (Å²) >= 11 is 1.40. The predicted octanol–water partition coefficient (Wildman–Crippen LogP) is 3.98. The van der Waals surface area contributed by atoms with Crippen molar-refractivity contribution >= 4 is 42.1 Å². The summed E-state index contributed by atoms with van der Waals surface area (Å²) in [5.74, 6) is 1.26. The SMILES string of the molecule is COc1ccc(-c2nc(C)c(C(=O)NC3CCC(N)CC3)s2)cc1OC.Cl.Cl. The fourth-order valence-corrected chi connectivity index (χ4v) is 4.18. The third-order valence-corrected chi connectivity index (χ3v) is 5.95. The Morgan fingerprint density at radius 1 is 1.14 bits per heavy atom. The number of halogens is 2. The second-order valence-electron chi connectivity index (χ2n) is 6.59. The fraction of sp³-hybridized carbons (Fsp3) is 0.474. The first kappa shape index (κ1) is 24.5. The first-order chi connectivity index (χ1) is 12.5. The van der Waals surface area contributed by atoms with Crippen LogP contribution in [0.4, 0.5) is 0 Å². The summed E-state index contributed by atoms with van der Waals surface area (Å²) in [5, 5.41) is 3.92. The van der Waals surface area contributed by atoms with Crippen molar-refractivity contribution in [3.8, 4) is 22.1 Å². The molecule has 3 rings (SSSR count). The van der Waals surface area contributed by atoms with Gasteiger partial charge in [0.1, 0.15) is 9.88 Å². The quantitative estimate of drug-likeness (QED) is 0.723. The van der Waals surface area contributed by atoms with Gasteiger partial charge >= 0.3 is 0 Å². The number of hydrogen-bond donors (Lipinski definition) is 2. The summed E-state index contributed by atoms with van der Waals surface area (Å²) in [6.45, 7) is 1.87. The highest BCUT2D eigenvalue weighted by atomic mass is 35.5. The fourth-order valence-electron chi connectivity index (χ4n) is 3.21. The highest BCUT2D eigenvalue weighted by Crippen LogP contribution is 2.35. The maximum absolute atomic E-state index is 12.7. The summed E-state index contributed by atoms with van der Waals surface area (Å²) < 4.78 is 10.6. The van der Waals surface area contributed by atoms with Gasteiger partial charge in [-0.2, -0.15) is 0 Å². The summed E-state index contributed by atoms with van der Waals surface area (Å²) in [7, 11) is 3.20. The van der Waals surface area contributed by atoms with E-state index in [1.807, 2.05) is 25.1 Å². The molecule has 1 fully saturated rings. The molecule has 0 radical (unpaired) electrons. The largest absolute Gasteiger partial charge is 0.493 e. The third kappa shape index (κ3) is 5.50. The highest BCUT2D eigenvalue weighted by Gasteiger charge is 2.23. The molecule has 1 aliphatic rings. The molecule has 9 heteroatoms. The van der Waals surface area contributed by atoms with Gasteiger partial charge in [-0.3, -0.25) is 4.79 Å². The topological polar surface area (TPSA) is 86.5 Å². The lowest BCUT2D eigenvalue weighted by atomic mass is 9.92. The Morgan fingerprint density at radius 3 is 2.39 bits per heavy atom. The zero-order valence-corrected chi connectivity index (χ0v) is 18.6. The maximum atomic E-state index is 12.7. The van der Waals surface area contributed by atoms with Crippen LogP contribution in [0.25, 0.3) is 10.6 Å². The van der Waals surface area contributed by atoms with Gasteiger partial charge in [-0.1, -0.05) is 0 Å². The van der Waals surface area contributed by atoms with E-state index < -0.39 is 0 Å². The minimum atomic E-state index is -0.0489. The van der Waals surface area contributed by atoms with Crippen LogP contribution >= 0.6 is 36.2 Å². The Labute approximate surface area is 182 Å². The van der Waals surface area contributed by atoms with E-state index in [-0.39, 0.29) is 42.8 Å². The van der Waals surface area contributed by atoms with Crippen LogP contribution in [0.1, 0.15) is 41.0 Å². The van der Waals surface area contributed by atoms with Crippen LogP contribution in [-0.2, 0) is 0 Å². The minimum Gasteiger partial charge on any atom is -0.493 e. The number of thiazole rings is 1. The Bertz CT molecular complexity index is 793. The van der Waals surface area contributed by atoms with E-state index in [0.717, 1.165) is 41.9 Å². The zero-order valence-electron chi connectivity index (χ0n) is 16.2. The molecule has 28 heavy (non-hydrogen) atoms. The van der Waals surface area contributed by atoms with Crippen LogP contribution in [0.3, 0.4) is 0 Å². The third-order valence-electron chi connectivity index (χ3n) is 4.74. The van der Waals surface area contributed by atoms with E-state index >= 15 is 0 Å². The van der Waals surface area contributed by atoms with Crippen LogP contribution in [0.15, 0.2) is 18.2 Å². The molecule has 1 aliphatic carbocycles. The zero-order chi connectivity index (χ0) is 18.7. The molecule has 0 unspecified atom stereocenters. The number of benzene rings is 1. The van der Waals surface area contributed by atoms with E-state index in [1.165, 1.54) is 11.3 Å². The van der Waals surface area contributed by atoms with Gasteiger partial charge in [0.15, 0.2) is 11.5 Å². The number of nitrogens with one attached hydrogen (secondary N) is 1. The molecule has 1 heterocycles. The number of nitrogens with zero attached hydrogens (tertiary/aromatic N) is 1. The average Bonchev–Trinajstić information content (AvgIpc) is 3.05. The summed E-state index contributed by atoms with van der Waals surface area (Å²) in [5.41, 5.74) is 7.58. The summed E-state index contributed by atoms with van der Waals surface area (Å²) in [6, 6.07) is 6.11. The Hall–Kier alpha value is -1.54. The molecule has 1 aromatic heterocycles. The van der Waals surface area contributed by atoms with Crippen molar-refractivity contribution in [3.05, 3.63) is 28.8 Å². The van der Waals surface area contributed by atoms with Crippen LogP contribution in [0.5, 0.6) is 11.5 Å². The van der Waals surface area contributed by atoms with E-state index in [0.29, 0.717) is 16.4 Å². The van der Waals surface area contributed by atoms with Crippen LogP contribution in [0, 0.1) is 6.92 Å². The van der Waals surface area contributed by atoms with Crippen LogP contribution < -0.4 is 20.5 Å². The smallest absolute Gasteiger partial charge is 0.263 e. The van der Waals surface area contributed by atoms with Gasteiger partial charge in [-0.05, 0) is 50.8 Å². The highest BCUT2D eigenvalue weighted by molar-refractivity contribution is 7.17. The number of aryl methyl sites for hydroxylation is 1. The van der Waals surface area contributed by atoms with Gasteiger partial charge in [-0.15, -0.1) is 36.2 Å². The summed E-state index contributed by atoms with van der Waals surface area (Å²) in [4.78, 5) is 17.9. The normalized spacial score (nSPS) is 18.4. The Morgan fingerprint density at radius 2 is 1.79 bits per heavy atom. The van der Waals surface area contributed by atoms with Crippen molar-refractivity contribution in [1.82, 2.24) is 10.3 Å². The molecular formula is C19H27Cl2N3O3S. The first-order valence-corrected chi connectivity index (χ1v) is 9.59. The molecule has 1 saturated carbocycles. The lowest BCUT2D eigenvalue weighted by Gasteiger charge is -2.26. The number of nitrogens with two attached hydrogens (primary N) is 1. The molecule has 156 valence electrons. The lowest BCUT2D eigenvalue weighted by molar-refractivity contribution is 0.0929. The molecule has 0 saturated heterocycles. The second kappa shape index (κ2) is 10.9. The van der Waals surface area contributed by atoms with Crippen molar-refractivity contribution < 1.29 is 14.3 Å². The molecule has 2 aromatic rings. The van der Waals surface area contributed by atoms with Crippen LogP contribution in [-0.4, -0.2) is 37.2 Å².